The van der Waals surface area contributed by atoms with Crippen molar-refractivity contribution in [3.8, 4) is 11.3 Å². The maximum atomic E-state index is 5.79. The zero-order valence-electron chi connectivity index (χ0n) is 17.5. The Hall–Kier alpha value is -2.88. The molecule has 0 aromatic carbocycles. The molecule has 0 radical (unpaired) electrons. The largest absolute Gasteiger partial charge is 0.380 e. The number of anilines is 2. The van der Waals surface area contributed by atoms with Gasteiger partial charge >= 0.3 is 0 Å². The minimum Gasteiger partial charge on any atom is -0.380 e. The normalized spacial score (nSPS) is 19.9. The number of nitrogens with zero attached hydrogens (tertiary/aromatic N) is 5. The van der Waals surface area contributed by atoms with Crippen LogP contribution in [-0.4, -0.2) is 78.6 Å². The molecule has 0 spiro atoms. The monoisotopic (exact) mass is 421 g/mol. The summed E-state index contributed by atoms with van der Waals surface area (Å²) < 4.78 is 11.3. The lowest BCUT2D eigenvalue weighted by Crippen LogP contribution is -2.42. The molecule has 1 atom stereocenters. The van der Waals surface area contributed by atoms with Crippen molar-refractivity contribution in [1.29, 1.82) is 0 Å². The predicted molar refractivity (Wildman–Crippen MR) is 119 cm³/mol. The van der Waals surface area contributed by atoms with Crippen LogP contribution >= 0.6 is 0 Å². The molecule has 0 saturated carbocycles. The second-order valence-electron chi connectivity index (χ2n) is 7.72. The number of morpholine rings is 1. The molecule has 0 amide bonds. The van der Waals surface area contributed by atoms with Crippen LogP contribution in [-0.2, 0) is 9.47 Å². The van der Waals surface area contributed by atoms with E-state index in [1.54, 1.807) is 12.4 Å². The number of nitrogens with one attached hydrogen (secondary N) is 2. The zero-order chi connectivity index (χ0) is 20.9. The topological polar surface area (TPSA) is 97.3 Å². The first-order valence-corrected chi connectivity index (χ1v) is 10.8. The molecule has 5 rings (SSSR count). The van der Waals surface area contributed by atoms with Gasteiger partial charge in [0, 0.05) is 63.5 Å². The van der Waals surface area contributed by atoms with Gasteiger partial charge < -0.3 is 25.0 Å². The van der Waals surface area contributed by atoms with E-state index in [-0.39, 0.29) is 6.10 Å². The Morgan fingerprint density at radius 3 is 2.94 bits per heavy atom. The molecule has 31 heavy (non-hydrogen) atoms. The highest BCUT2D eigenvalue weighted by Crippen LogP contribution is 2.26. The van der Waals surface area contributed by atoms with E-state index in [4.69, 9.17) is 19.4 Å². The van der Waals surface area contributed by atoms with E-state index in [0.29, 0.717) is 12.4 Å². The van der Waals surface area contributed by atoms with Crippen LogP contribution in [0.2, 0.25) is 0 Å². The quantitative estimate of drug-likeness (QED) is 0.638. The fourth-order valence-corrected chi connectivity index (χ4v) is 3.90. The third-order valence-electron chi connectivity index (χ3n) is 5.55. The molecule has 2 fully saturated rings. The van der Waals surface area contributed by atoms with Crippen LogP contribution in [0.25, 0.3) is 22.3 Å². The molecule has 0 unspecified atom stereocenters. The highest BCUT2D eigenvalue weighted by atomic mass is 16.5. The van der Waals surface area contributed by atoms with Crippen molar-refractivity contribution in [2.24, 2.45) is 0 Å². The average molecular weight is 422 g/mol. The number of aromatic nitrogens is 4. The molecule has 2 saturated heterocycles. The van der Waals surface area contributed by atoms with Crippen molar-refractivity contribution in [2.45, 2.75) is 12.5 Å². The molecule has 2 aliphatic heterocycles. The molecule has 162 valence electrons. The number of hydrogen-bond acceptors (Lipinski definition) is 9. The molecule has 2 N–H and O–H groups in total. The molecule has 5 heterocycles. The SMILES string of the molecule is c1cnc2c(NC[C@@H]3CNCCO3)nc(-c3ccc(N4CCCOCC4)nc3)cc2n1. The third-order valence-corrected chi connectivity index (χ3v) is 5.55. The molecule has 0 bridgehead atoms. The fraction of sp³-hybridized carbons (Fsp3) is 0.455. The zero-order valence-corrected chi connectivity index (χ0v) is 17.5. The van der Waals surface area contributed by atoms with Crippen LogP contribution in [0.15, 0.2) is 36.8 Å². The van der Waals surface area contributed by atoms with Crippen molar-refractivity contribution in [3.05, 3.63) is 36.8 Å². The number of hydrogen-bond donors (Lipinski definition) is 2. The van der Waals surface area contributed by atoms with Gasteiger partial charge in [-0.3, -0.25) is 4.98 Å². The summed E-state index contributed by atoms with van der Waals surface area (Å²) in [4.78, 5) is 20.8. The Bertz CT molecular complexity index is 1000. The maximum Gasteiger partial charge on any atom is 0.154 e. The molecular weight excluding hydrogens is 394 g/mol. The van der Waals surface area contributed by atoms with Gasteiger partial charge in [0.25, 0.3) is 0 Å². The van der Waals surface area contributed by atoms with Crippen LogP contribution in [0, 0.1) is 0 Å². The molecule has 2 aliphatic rings. The van der Waals surface area contributed by atoms with Crippen LogP contribution in [0.4, 0.5) is 11.6 Å². The first-order valence-electron chi connectivity index (χ1n) is 10.8. The van der Waals surface area contributed by atoms with E-state index < -0.39 is 0 Å². The van der Waals surface area contributed by atoms with Gasteiger partial charge in [-0.2, -0.15) is 0 Å². The molecule has 3 aromatic heterocycles. The smallest absolute Gasteiger partial charge is 0.154 e. The molecule has 9 nitrogen and oxygen atoms in total. The number of pyridine rings is 2. The van der Waals surface area contributed by atoms with Gasteiger partial charge in [0.15, 0.2) is 5.82 Å². The lowest BCUT2D eigenvalue weighted by molar-refractivity contribution is 0.0372. The van der Waals surface area contributed by atoms with Crippen LogP contribution < -0.4 is 15.5 Å². The van der Waals surface area contributed by atoms with E-state index in [1.165, 1.54) is 0 Å². The van der Waals surface area contributed by atoms with Crippen molar-refractivity contribution >= 4 is 22.7 Å². The van der Waals surface area contributed by atoms with Crippen molar-refractivity contribution in [2.75, 3.05) is 62.8 Å². The third kappa shape index (κ3) is 4.73. The van der Waals surface area contributed by atoms with E-state index in [9.17, 15) is 0 Å². The number of fused-ring (bicyclic) bond motifs is 1. The second-order valence-corrected chi connectivity index (χ2v) is 7.72. The Morgan fingerprint density at radius 1 is 1.10 bits per heavy atom. The maximum absolute atomic E-state index is 5.79. The van der Waals surface area contributed by atoms with Crippen molar-refractivity contribution < 1.29 is 9.47 Å². The fourth-order valence-electron chi connectivity index (χ4n) is 3.90. The van der Waals surface area contributed by atoms with Gasteiger partial charge in [-0.05, 0) is 24.6 Å². The number of ether oxygens (including phenoxy) is 2. The Kier molecular flexibility index (Phi) is 6.15. The second kappa shape index (κ2) is 9.51. The highest BCUT2D eigenvalue weighted by Gasteiger charge is 2.16. The summed E-state index contributed by atoms with van der Waals surface area (Å²) in [6, 6.07) is 6.08. The molecular formula is C22H27N7O2. The minimum absolute atomic E-state index is 0.101. The Balaban J connectivity index is 1.40. The summed E-state index contributed by atoms with van der Waals surface area (Å²) in [6.07, 6.45) is 6.39. The molecule has 3 aromatic rings. The average Bonchev–Trinajstić information content (AvgIpc) is 3.13. The van der Waals surface area contributed by atoms with E-state index in [0.717, 1.165) is 80.5 Å². The lowest BCUT2D eigenvalue weighted by atomic mass is 10.1. The standard InChI is InChI=1S/C22H27N7O2/c1-7-29(8-11-30-9-1)20-3-2-16(13-26-20)18-12-19-21(25-5-4-24-19)22(28-18)27-15-17-14-23-6-10-31-17/h2-5,12-13,17,23H,1,6-11,14-15H2,(H,27,28)/t17-/m0/s1. The van der Waals surface area contributed by atoms with Crippen molar-refractivity contribution in [3.63, 3.8) is 0 Å². The van der Waals surface area contributed by atoms with E-state index in [1.807, 2.05) is 12.3 Å². The number of rotatable bonds is 5. The Morgan fingerprint density at radius 2 is 2.06 bits per heavy atom. The van der Waals surface area contributed by atoms with Crippen LogP contribution in [0.1, 0.15) is 6.42 Å². The lowest BCUT2D eigenvalue weighted by Gasteiger charge is -2.24. The minimum atomic E-state index is 0.101. The summed E-state index contributed by atoms with van der Waals surface area (Å²) in [5.41, 5.74) is 3.31. The van der Waals surface area contributed by atoms with E-state index >= 15 is 0 Å². The summed E-state index contributed by atoms with van der Waals surface area (Å²) in [5.74, 6) is 1.68. The van der Waals surface area contributed by atoms with Gasteiger partial charge in [-0.15, -0.1) is 0 Å². The van der Waals surface area contributed by atoms with Crippen LogP contribution in [0.3, 0.4) is 0 Å². The van der Waals surface area contributed by atoms with Crippen LogP contribution in [0.5, 0.6) is 0 Å². The van der Waals surface area contributed by atoms with Gasteiger partial charge in [-0.1, -0.05) is 0 Å². The first kappa shape index (κ1) is 20.0. The first-order chi connectivity index (χ1) is 15.4. The van der Waals surface area contributed by atoms with E-state index in [2.05, 4.69) is 37.6 Å². The molecule has 0 aliphatic carbocycles. The summed E-state index contributed by atoms with van der Waals surface area (Å²) in [6.45, 7) is 6.47. The van der Waals surface area contributed by atoms with Gasteiger partial charge in [0.2, 0.25) is 0 Å². The highest BCUT2D eigenvalue weighted by molar-refractivity contribution is 5.88. The Labute approximate surface area is 181 Å². The summed E-state index contributed by atoms with van der Waals surface area (Å²) in [5, 5.41) is 6.76. The summed E-state index contributed by atoms with van der Waals surface area (Å²) in [7, 11) is 0. The van der Waals surface area contributed by atoms with Gasteiger partial charge in [0.05, 0.1) is 30.5 Å². The van der Waals surface area contributed by atoms with Gasteiger partial charge in [0.1, 0.15) is 11.3 Å². The summed E-state index contributed by atoms with van der Waals surface area (Å²) >= 11 is 0. The predicted octanol–water partition coefficient (Wildman–Crippen LogP) is 1.71. The van der Waals surface area contributed by atoms with Gasteiger partial charge in [-0.25, -0.2) is 15.0 Å². The van der Waals surface area contributed by atoms with Crippen molar-refractivity contribution in [1.82, 2.24) is 25.3 Å². The molecule has 9 heteroatoms.